The quantitative estimate of drug-likeness (QED) is 0.297. The molecule has 0 N–H and O–H groups in total. The summed E-state index contributed by atoms with van der Waals surface area (Å²) in [4.78, 5) is 25.2. The zero-order valence-corrected chi connectivity index (χ0v) is 12.8. The van der Waals surface area contributed by atoms with Gasteiger partial charge in [-0.1, -0.05) is 38.7 Å². The predicted octanol–water partition coefficient (Wildman–Crippen LogP) is 3.07. The third-order valence-electron chi connectivity index (χ3n) is 3.72. The Morgan fingerprint density at radius 1 is 1.25 bits per heavy atom. The number of unbranched alkanes of at least 4 members (excludes halogenated alkanes) is 5. The summed E-state index contributed by atoms with van der Waals surface area (Å²) in [5.74, 6) is -0.952. The Bertz CT molecular complexity index is 339. The molecule has 0 radical (unpaired) electrons. The van der Waals surface area contributed by atoms with Crippen LogP contribution in [0.25, 0.3) is 0 Å². The smallest absolute Gasteiger partial charge is 0.338 e. The maximum absolute atomic E-state index is 11.8. The zero-order chi connectivity index (χ0) is 14.8. The second kappa shape index (κ2) is 9.70. The fraction of sp³-hybridized carbons (Fsp3) is 0.750. The number of allylic oxidation sites excluding steroid dienone is 1. The Balaban J connectivity index is 2.14. The number of likely N-dealkylation sites (N-methyl/N-ethyl adjacent to an activating group) is 1. The van der Waals surface area contributed by atoms with Crippen LogP contribution in [0.2, 0.25) is 0 Å². The van der Waals surface area contributed by atoms with Gasteiger partial charge in [-0.25, -0.2) is 9.59 Å². The number of ether oxygens (including phenoxy) is 1. The van der Waals surface area contributed by atoms with Crippen LogP contribution in [-0.2, 0) is 14.3 Å². The summed E-state index contributed by atoms with van der Waals surface area (Å²) in [6.45, 7) is 3.08. The van der Waals surface area contributed by atoms with Crippen molar-refractivity contribution in [3.8, 4) is 0 Å². The van der Waals surface area contributed by atoms with E-state index in [1.807, 2.05) is 11.9 Å². The molecule has 0 aromatic heterocycles. The molecule has 4 heteroatoms. The Morgan fingerprint density at radius 2 is 2.00 bits per heavy atom. The monoisotopic (exact) mass is 281 g/mol. The third-order valence-corrected chi connectivity index (χ3v) is 3.72. The molecule has 1 rings (SSSR count). The fourth-order valence-corrected chi connectivity index (χ4v) is 2.45. The number of carbonyl (C=O) groups is 2. The SMILES string of the molecule is CCCCCCC/C=C/C(=O)OC(=O)[C@@H]1CCCN1C. The molecule has 20 heavy (non-hydrogen) atoms. The van der Waals surface area contributed by atoms with Crippen molar-refractivity contribution in [1.29, 1.82) is 0 Å². The van der Waals surface area contributed by atoms with E-state index in [-0.39, 0.29) is 6.04 Å². The lowest BCUT2D eigenvalue weighted by Crippen LogP contribution is -2.35. The van der Waals surface area contributed by atoms with Gasteiger partial charge in [-0.15, -0.1) is 0 Å². The van der Waals surface area contributed by atoms with Gasteiger partial charge in [0.2, 0.25) is 0 Å². The first-order valence-corrected chi connectivity index (χ1v) is 7.77. The van der Waals surface area contributed by atoms with Crippen molar-refractivity contribution in [2.24, 2.45) is 0 Å². The Morgan fingerprint density at radius 3 is 2.65 bits per heavy atom. The molecule has 0 spiro atoms. The lowest BCUT2D eigenvalue weighted by atomic mass is 10.1. The van der Waals surface area contributed by atoms with E-state index >= 15 is 0 Å². The van der Waals surface area contributed by atoms with E-state index < -0.39 is 11.9 Å². The van der Waals surface area contributed by atoms with Crippen LogP contribution in [0, 0.1) is 0 Å². The van der Waals surface area contributed by atoms with Crippen molar-refractivity contribution in [2.45, 2.75) is 64.3 Å². The Hall–Kier alpha value is -1.16. The normalized spacial score (nSPS) is 19.6. The van der Waals surface area contributed by atoms with Gasteiger partial charge in [-0.05, 0) is 39.3 Å². The van der Waals surface area contributed by atoms with Crippen molar-refractivity contribution in [1.82, 2.24) is 4.90 Å². The molecule has 0 amide bonds. The molecule has 0 bridgehead atoms. The van der Waals surface area contributed by atoms with Gasteiger partial charge in [-0.2, -0.15) is 0 Å². The number of likely N-dealkylation sites (tertiary alicyclic amines) is 1. The molecule has 0 unspecified atom stereocenters. The number of hydrogen-bond acceptors (Lipinski definition) is 4. The highest BCUT2D eigenvalue weighted by Gasteiger charge is 2.30. The van der Waals surface area contributed by atoms with Gasteiger partial charge >= 0.3 is 11.9 Å². The van der Waals surface area contributed by atoms with Crippen LogP contribution in [-0.4, -0.2) is 36.5 Å². The summed E-state index contributed by atoms with van der Waals surface area (Å²) < 4.78 is 4.84. The highest BCUT2D eigenvalue weighted by molar-refractivity contribution is 5.93. The second-order valence-electron chi connectivity index (χ2n) is 5.48. The van der Waals surface area contributed by atoms with Gasteiger partial charge in [0.15, 0.2) is 0 Å². The van der Waals surface area contributed by atoms with Crippen LogP contribution in [0.1, 0.15) is 58.3 Å². The van der Waals surface area contributed by atoms with Crippen LogP contribution in [0.5, 0.6) is 0 Å². The van der Waals surface area contributed by atoms with E-state index in [4.69, 9.17) is 4.74 Å². The van der Waals surface area contributed by atoms with Gasteiger partial charge in [-0.3, -0.25) is 4.90 Å². The summed E-state index contributed by atoms with van der Waals surface area (Å²) in [5.41, 5.74) is 0. The van der Waals surface area contributed by atoms with E-state index in [9.17, 15) is 9.59 Å². The molecule has 0 aromatic carbocycles. The summed E-state index contributed by atoms with van der Waals surface area (Å²) in [6.07, 6.45) is 11.9. The molecule has 1 fully saturated rings. The third kappa shape index (κ3) is 6.33. The van der Waals surface area contributed by atoms with Gasteiger partial charge in [0.1, 0.15) is 6.04 Å². The number of carbonyl (C=O) groups excluding carboxylic acids is 2. The highest BCUT2D eigenvalue weighted by Crippen LogP contribution is 2.16. The van der Waals surface area contributed by atoms with E-state index in [1.54, 1.807) is 6.08 Å². The number of hydrogen-bond donors (Lipinski definition) is 0. The van der Waals surface area contributed by atoms with Crippen molar-refractivity contribution in [3.63, 3.8) is 0 Å². The molecule has 0 aromatic rings. The van der Waals surface area contributed by atoms with E-state index in [0.717, 1.165) is 32.2 Å². The molecule has 1 atom stereocenters. The van der Waals surface area contributed by atoms with Crippen LogP contribution < -0.4 is 0 Å². The maximum atomic E-state index is 11.8. The van der Waals surface area contributed by atoms with Crippen molar-refractivity contribution in [2.75, 3.05) is 13.6 Å². The number of rotatable bonds is 8. The minimum atomic E-state index is -0.538. The molecule has 0 aliphatic carbocycles. The highest BCUT2D eigenvalue weighted by atomic mass is 16.6. The lowest BCUT2D eigenvalue weighted by molar-refractivity contribution is -0.159. The molecular formula is C16H27NO3. The maximum Gasteiger partial charge on any atom is 0.338 e. The van der Waals surface area contributed by atoms with Crippen molar-refractivity contribution < 1.29 is 14.3 Å². The number of esters is 2. The van der Waals surface area contributed by atoms with Crippen LogP contribution in [0.3, 0.4) is 0 Å². The minimum absolute atomic E-state index is 0.249. The Labute approximate surface area is 122 Å². The molecule has 0 saturated carbocycles. The van der Waals surface area contributed by atoms with Crippen LogP contribution >= 0.6 is 0 Å². The second-order valence-corrected chi connectivity index (χ2v) is 5.48. The minimum Gasteiger partial charge on any atom is -0.389 e. The molecular weight excluding hydrogens is 254 g/mol. The fourth-order valence-electron chi connectivity index (χ4n) is 2.45. The summed E-state index contributed by atoms with van der Waals surface area (Å²) in [7, 11) is 1.88. The average Bonchev–Trinajstić information content (AvgIpc) is 2.84. The van der Waals surface area contributed by atoms with Gasteiger partial charge in [0.05, 0.1) is 0 Å². The molecule has 1 aliphatic heterocycles. The summed E-state index contributed by atoms with van der Waals surface area (Å²) >= 11 is 0. The summed E-state index contributed by atoms with van der Waals surface area (Å²) in [6, 6.07) is -0.249. The van der Waals surface area contributed by atoms with Crippen LogP contribution in [0.15, 0.2) is 12.2 Å². The largest absolute Gasteiger partial charge is 0.389 e. The molecule has 1 aliphatic rings. The first kappa shape index (κ1) is 16.9. The zero-order valence-electron chi connectivity index (χ0n) is 12.8. The molecule has 4 nitrogen and oxygen atoms in total. The first-order chi connectivity index (χ1) is 9.65. The lowest BCUT2D eigenvalue weighted by Gasteiger charge is -2.16. The predicted molar refractivity (Wildman–Crippen MR) is 79.3 cm³/mol. The van der Waals surface area contributed by atoms with E-state index in [1.165, 1.54) is 31.8 Å². The molecule has 114 valence electrons. The van der Waals surface area contributed by atoms with Gasteiger partial charge in [0, 0.05) is 6.08 Å². The topological polar surface area (TPSA) is 46.6 Å². The van der Waals surface area contributed by atoms with Crippen molar-refractivity contribution >= 4 is 11.9 Å². The molecule has 1 saturated heterocycles. The number of nitrogens with zero attached hydrogens (tertiary/aromatic N) is 1. The Kier molecular flexibility index (Phi) is 8.19. The molecule has 1 heterocycles. The van der Waals surface area contributed by atoms with Gasteiger partial charge < -0.3 is 4.74 Å². The van der Waals surface area contributed by atoms with E-state index in [2.05, 4.69) is 6.92 Å². The first-order valence-electron chi connectivity index (χ1n) is 7.77. The van der Waals surface area contributed by atoms with Crippen LogP contribution in [0.4, 0.5) is 0 Å². The average molecular weight is 281 g/mol. The standard InChI is InChI=1S/C16H27NO3/c1-3-4-5-6-7-8-9-12-15(18)20-16(19)14-11-10-13-17(14)2/h9,12,14H,3-8,10-11,13H2,1-2H3/b12-9+/t14-/m0/s1. The summed E-state index contributed by atoms with van der Waals surface area (Å²) in [5, 5.41) is 0. The van der Waals surface area contributed by atoms with E-state index in [0.29, 0.717) is 0 Å². The van der Waals surface area contributed by atoms with Gasteiger partial charge in [0.25, 0.3) is 0 Å². The van der Waals surface area contributed by atoms with Crippen molar-refractivity contribution in [3.05, 3.63) is 12.2 Å².